The molecule has 106 valence electrons. The van der Waals surface area contributed by atoms with Gasteiger partial charge in [0.05, 0.1) is 6.42 Å². The van der Waals surface area contributed by atoms with Crippen LogP contribution < -0.4 is 11.1 Å². The molecule has 0 spiro atoms. The van der Waals surface area contributed by atoms with Crippen LogP contribution in [-0.2, 0) is 14.4 Å². The molecule has 0 saturated heterocycles. The number of carboxylic acids is 1. The molecule has 1 atom stereocenters. The Hall–Kier alpha value is -2.15. The van der Waals surface area contributed by atoms with Crippen LogP contribution in [0.15, 0.2) is 34.8 Å². The molecule has 0 unspecified atom stereocenters. The molecule has 0 bridgehead atoms. The van der Waals surface area contributed by atoms with Gasteiger partial charge < -0.3 is 16.2 Å². The van der Waals surface area contributed by atoms with E-state index in [0.717, 1.165) is 10.0 Å². The Labute approximate surface area is 123 Å². The van der Waals surface area contributed by atoms with Gasteiger partial charge in [-0.1, -0.05) is 28.1 Å². The molecule has 0 aliphatic rings. The second-order valence-corrected chi connectivity index (χ2v) is 4.87. The number of benzene rings is 1. The SMILES string of the molecule is NC(=O)C[C@@H](NC(=O)/C=C/c1ccc(Br)cc1)C(=O)O. The number of nitrogens with one attached hydrogen (secondary N) is 1. The van der Waals surface area contributed by atoms with Gasteiger partial charge in [0.2, 0.25) is 11.8 Å². The summed E-state index contributed by atoms with van der Waals surface area (Å²) in [5.41, 5.74) is 5.69. The molecule has 0 fully saturated rings. The van der Waals surface area contributed by atoms with Crippen molar-refractivity contribution in [3.05, 3.63) is 40.4 Å². The van der Waals surface area contributed by atoms with E-state index in [-0.39, 0.29) is 0 Å². The minimum Gasteiger partial charge on any atom is -0.480 e. The minimum absolute atomic E-state index is 0.451. The fraction of sp³-hybridized carbons (Fsp3) is 0.154. The molecule has 0 aromatic heterocycles. The first kappa shape index (κ1) is 15.9. The first-order valence-electron chi connectivity index (χ1n) is 5.63. The zero-order valence-corrected chi connectivity index (χ0v) is 12.0. The first-order valence-corrected chi connectivity index (χ1v) is 6.43. The lowest BCUT2D eigenvalue weighted by atomic mass is 10.2. The summed E-state index contributed by atoms with van der Waals surface area (Å²) in [5, 5.41) is 11.0. The fourth-order valence-corrected chi connectivity index (χ4v) is 1.63. The summed E-state index contributed by atoms with van der Waals surface area (Å²) in [6.07, 6.45) is 2.28. The molecule has 20 heavy (non-hydrogen) atoms. The molecule has 2 amide bonds. The number of halogens is 1. The Morgan fingerprint density at radius 1 is 1.30 bits per heavy atom. The zero-order valence-electron chi connectivity index (χ0n) is 10.4. The van der Waals surface area contributed by atoms with Gasteiger partial charge in [-0.15, -0.1) is 0 Å². The molecule has 1 aromatic carbocycles. The topological polar surface area (TPSA) is 109 Å². The number of carbonyl (C=O) groups is 3. The van der Waals surface area contributed by atoms with E-state index in [0.29, 0.717) is 0 Å². The van der Waals surface area contributed by atoms with Crippen molar-refractivity contribution in [2.75, 3.05) is 0 Å². The average Bonchev–Trinajstić information content (AvgIpc) is 2.36. The number of hydrogen-bond donors (Lipinski definition) is 3. The molecule has 0 heterocycles. The van der Waals surface area contributed by atoms with E-state index in [9.17, 15) is 14.4 Å². The minimum atomic E-state index is -1.32. The van der Waals surface area contributed by atoms with Crippen LogP contribution in [0.4, 0.5) is 0 Å². The highest BCUT2D eigenvalue weighted by molar-refractivity contribution is 9.10. The largest absolute Gasteiger partial charge is 0.480 e. The van der Waals surface area contributed by atoms with E-state index in [1.54, 1.807) is 12.1 Å². The van der Waals surface area contributed by atoms with Gasteiger partial charge in [0.1, 0.15) is 6.04 Å². The highest BCUT2D eigenvalue weighted by Crippen LogP contribution is 2.11. The number of amides is 2. The molecule has 0 radical (unpaired) electrons. The Bertz CT molecular complexity index is 540. The number of nitrogens with two attached hydrogens (primary N) is 1. The standard InChI is InChI=1S/C13H13BrN2O4/c14-9-4-1-8(2-5-9)3-6-12(18)16-10(13(19)20)7-11(15)17/h1-6,10H,7H2,(H2,15,17)(H,16,18)(H,19,20)/b6-3+/t10-/m1/s1. The van der Waals surface area contributed by atoms with Gasteiger partial charge in [0.25, 0.3) is 0 Å². The van der Waals surface area contributed by atoms with E-state index in [1.165, 1.54) is 12.2 Å². The van der Waals surface area contributed by atoms with Crippen molar-refractivity contribution in [3.63, 3.8) is 0 Å². The van der Waals surface area contributed by atoms with Crippen molar-refractivity contribution in [1.82, 2.24) is 5.32 Å². The summed E-state index contributed by atoms with van der Waals surface area (Å²) in [7, 11) is 0. The number of hydrogen-bond acceptors (Lipinski definition) is 3. The van der Waals surface area contributed by atoms with Crippen LogP contribution >= 0.6 is 15.9 Å². The van der Waals surface area contributed by atoms with Gasteiger partial charge in [-0.05, 0) is 23.8 Å². The summed E-state index contributed by atoms with van der Waals surface area (Å²) in [5.74, 6) is -2.72. The summed E-state index contributed by atoms with van der Waals surface area (Å²) in [6, 6.07) is 5.86. The maximum atomic E-state index is 11.6. The lowest BCUT2D eigenvalue weighted by Crippen LogP contribution is -2.42. The molecule has 4 N–H and O–H groups in total. The van der Waals surface area contributed by atoms with Crippen LogP contribution in [0.2, 0.25) is 0 Å². The van der Waals surface area contributed by atoms with Gasteiger partial charge in [-0.3, -0.25) is 9.59 Å². The van der Waals surface area contributed by atoms with Crippen molar-refractivity contribution >= 4 is 39.8 Å². The summed E-state index contributed by atoms with van der Waals surface area (Å²) >= 11 is 3.28. The maximum absolute atomic E-state index is 11.6. The van der Waals surface area contributed by atoms with Crippen molar-refractivity contribution in [2.45, 2.75) is 12.5 Å². The molecule has 0 aliphatic heterocycles. The quantitative estimate of drug-likeness (QED) is 0.668. The van der Waals surface area contributed by atoms with Gasteiger partial charge >= 0.3 is 5.97 Å². The molecular formula is C13H13BrN2O4. The number of carboxylic acid groups (broad SMARTS) is 1. The predicted molar refractivity (Wildman–Crippen MR) is 76.6 cm³/mol. The summed E-state index contributed by atoms with van der Waals surface area (Å²) in [6.45, 7) is 0. The van der Waals surface area contributed by atoms with Crippen molar-refractivity contribution in [1.29, 1.82) is 0 Å². The van der Waals surface area contributed by atoms with Crippen molar-refractivity contribution < 1.29 is 19.5 Å². The Morgan fingerprint density at radius 3 is 2.40 bits per heavy atom. The summed E-state index contributed by atoms with van der Waals surface area (Å²) < 4.78 is 0.909. The van der Waals surface area contributed by atoms with E-state index in [2.05, 4.69) is 21.2 Å². The van der Waals surface area contributed by atoms with Crippen LogP contribution in [0.3, 0.4) is 0 Å². The van der Waals surface area contributed by atoms with Crippen LogP contribution in [0.25, 0.3) is 6.08 Å². The van der Waals surface area contributed by atoms with Crippen molar-refractivity contribution in [2.24, 2.45) is 5.73 Å². The Morgan fingerprint density at radius 2 is 1.90 bits per heavy atom. The third-order valence-electron chi connectivity index (χ3n) is 2.32. The molecule has 0 aliphatic carbocycles. The maximum Gasteiger partial charge on any atom is 0.326 e. The average molecular weight is 341 g/mol. The predicted octanol–water partition coefficient (Wildman–Crippen LogP) is 0.907. The molecule has 1 aromatic rings. The van der Waals surface area contributed by atoms with E-state index >= 15 is 0 Å². The third kappa shape index (κ3) is 5.66. The fourth-order valence-electron chi connectivity index (χ4n) is 1.37. The first-order chi connectivity index (χ1) is 9.38. The summed E-state index contributed by atoms with van der Waals surface area (Å²) in [4.78, 5) is 33.1. The van der Waals surface area contributed by atoms with Gasteiger partial charge in [-0.25, -0.2) is 4.79 Å². The smallest absolute Gasteiger partial charge is 0.326 e. The normalized spacial score (nSPS) is 12.1. The van der Waals surface area contributed by atoms with Crippen LogP contribution in [0.1, 0.15) is 12.0 Å². The Kier molecular flexibility index (Phi) is 5.92. The third-order valence-corrected chi connectivity index (χ3v) is 2.85. The van der Waals surface area contributed by atoms with Gasteiger partial charge in [0, 0.05) is 10.5 Å². The van der Waals surface area contributed by atoms with Crippen molar-refractivity contribution in [3.8, 4) is 0 Å². The second kappa shape index (κ2) is 7.44. The number of aliphatic carboxylic acids is 1. The van der Waals surface area contributed by atoms with E-state index in [4.69, 9.17) is 10.8 Å². The van der Waals surface area contributed by atoms with Crippen LogP contribution in [-0.4, -0.2) is 28.9 Å². The Balaban J connectivity index is 2.63. The van der Waals surface area contributed by atoms with E-state index < -0.39 is 30.2 Å². The van der Waals surface area contributed by atoms with Gasteiger partial charge in [-0.2, -0.15) is 0 Å². The molecule has 0 saturated carbocycles. The molecular weight excluding hydrogens is 328 g/mol. The highest BCUT2D eigenvalue weighted by Gasteiger charge is 2.20. The molecule has 7 heteroatoms. The lowest BCUT2D eigenvalue weighted by molar-refractivity contribution is -0.142. The number of carbonyl (C=O) groups excluding carboxylic acids is 2. The molecule has 6 nitrogen and oxygen atoms in total. The highest BCUT2D eigenvalue weighted by atomic mass is 79.9. The number of rotatable bonds is 6. The van der Waals surface area contributed by atoms with Crippen LogP contribution in [0.5, 0.6) is 0 Å². The van der Waals surface area contributed by atoms with E-state index in [1.807, 2.05) is 12.1 Å². The monoisotopic (exact) mass is 340 g/mol. The van der Waals surface area contributed by atoms with Crippen LogP contribution in [0, 0.1) is 0 Å². The molecule has 1 rings (SSSR count). The second-order valence-electron chi connectivity index (χ2n) is 3.95. The van der Waals surface area contributed by atoms with Gasteiger partial charge in [0.15, 0.2) is 0 Å². The number of primary amides is 1. The lowest BCUT2D eigenvalue weighted by Gasteiger charge is -2.10. The zero-order chi connectivity index (χ0) is 15.1.